The third-order valence-corrected chi connectivity index (χ3v) is 5.05. The van der Waals surface area contributed by atoms with Crippen molar-refractivity contribution in [1.29, 1.82) is 0 Å². The second kappa shape index (κ2) is 10.3. The number of pyridine rings is 1. The van der Waals surface area contributed by atoms with E-state index in [0.717, 1.165) is 40.8 Å². The monoisotopic (exact) mass is 343 g/mol. The summed E-state index contributed by atoms with van der Waals surface area (Å²) < 4.78 is 5.24. The van der Waals surface area contributed by atoms with E-state index < -0.39 is 0 Å². The number of rotatable bonds is 11. The molecule has 0 saturated heterocycles. The summed E-state index contributed by atoms with van der Waals surface area (Å²) in [7, 11) is 1.64. The first kappa shape index (κ1) is 19.6. The van der Waals surface area contributed by atoms with Crippen LogP contribution in [-0.2, 0) is 6.42 Å². The second-order valence-electron chi connectivity index (χ2n) is 7.05. The zero-order valence-corrected chi connectivity index (χ0v) is 16.1. The Balaban J connectivity index is 1.86. The number of ether oxygens (including phenoxy) is 1. The van der Waals surface area contributed by atoms with Crippen molar-refractivity contribution >= 4 is 10.9 Å². The van der Waals surface area contributed by atoms with Crippen LogP contribution in [0.1, 0.15) is 76.0 Å². The molecule has 0 atom stereocenters. The Bertz CT molecular complexity index is 718. The van der Waals surface area contributed by atoms with Gasteiger partial charge in [-0.3, -0.25) is 4.79 Å². The summed E-state index contributed by atoms with van der Waals surface area (Å²) in [5.74, 6) is 0.772. The van der Waals surface area contributed by atoms with Gasteiger partial charge in [-0.05, 0) is 31.9 Å². The van der Waals surface area contributed by atoms with E-state index in [1.807, 2.05) is 25.1 Å². The van der Waals surface area contributed by atoms with Crippen molar-refractivity contribution in [2.45, 2.75) is 78.1 Å². The molecule has 1 N–H and O–H groups in total. The molecule has 2 aromatic rings. The Morgan fingerprint density at radius 3 is 2.24 bits per heavy atom. The largest absolute Gasteiger partial charge is 0.497 e. The third-order valence-electron chi connectivity index (χ3n) is 5.05. The molecule has 0 amide bonds. The van der Waals surface area contributed by atoms with Crippen LogP contribution in [0.15, 0.2) is 23.0 Å². The summed E-state index contributed by atoms with van der Waals surface area (Å²) >= 11 is 0. The molecule has 138 valence electrons. The lowest BCUT2D eigenvalue weighted by Gasteiger charge is -2.09. The van der Waals surface area contributed by atoms with Gasteiger partial charge >= 0.3 is 0 Å². The van der Waals surface area contributed by atoms with Crippen LogP contribution >= 0.6 is 0 Å². The predicted molar refractivity (Wildman–Crippen MR) is 107 cm³/mol. The molecule has 0 saturated carbocycles. The maximum absolute atomic E-state index is 12.8. The molecule has 1 aromatic carbocycles. The van der Waals surface area contributed by atoms with Gasteiger partial charge in [-0.15, -0.1) is 0 Å². The molecule has 0 radical (unpaired) electrons. The summed E-state index contributed by atoms with van der Waals surface area (Å²) in [5.41, 5.74) is 2.97. The van der Waals surface area contributed by atoms with Gasteiger partial charge in [0, 0.05) is 22.7 Å². The lowest BCUT2D eigenvalue weighted by atomic mass is 10.0. The van der Waals surface area contributed by atoms with E-state index in [0.29, 0.717) is 0 Å². The van der Waals surface area contributed by atoms with E-state index in [4.69, 9.17) is 4.74 Å². The zero-order chi connectivity index (χ0) is 18.1. The highest BCUT2D eigenvalue weighted by molar-refractivity contribution is 5.80. The number of unbranched alkanes of at least 4 members (excludes halogenated alkanes) is 8. The van der Waals surface area contributed by atoms with Gasteiger partial charge in [0.1, 0.15) is 5.75 Å². The smallest absolute Gasteiger partial charge is 0.192 e. The molecule has 3 nitrogen and oxygen atoms in total. The second-order valence-corrected chi connectivity index (χ2v) is 7.05. The molecular weight excluding hydrogens is 310 g/mol. The number of benzene rings is 1. The minimum absolute atomic E-state index is 0.175. The molecule has 0 bridgehead atoms. The zero-order valence-electron chi connectivity index (χ0n) is 16.1. The molecule has 25 heavy (non-hydrogen) atoms. The van der Waals surface area contributed by atoms with Gasteiger partial charge in [-0.25, -0.2) is 0 Å². The number of fused-ring (bicyclic) bond motifs is 1. The molecule has 3 heteroatoms. The van der Waals surface area contributed by atoms with Crippen LogP contribution in [0, 0.1) is 6.92 Å². The summed E-state index contributed by atoms with van der Waals surface area (Å²) in [6.07, 6.45) is 12.6. The number of hydrogen-bond acceptors (Lipinski definition) is 2. The molecule has 0 spiro atoms. The highest BCUT2D eigenvalue weighted by Gasteiger charge is 2.09. The maximum atomic E-state index is 12.8. The Morgan fingerprint density at radius 2 is 1.60 bits per heavy atom. The topological polar surface area (TPSA) is 42.1 Å². The van der Waals surface area contributed by atoms with Crippen molar-refractivity contribution in [2.24, 2.45) is 0 Å². The van der Waals surface area contributed by atoms with E-state index in [9.17, 15) is 4.79 Å². The molecule has 1 aromatic heterocycles. The fraction of sp³-hybridized carbons (Fsp3) is 0.591. The van der Waals surface area contributed by atoms with Crippen molar-refractivity contribution in [1.82, 2.24) is 4.98 Å². The van der Waals surface area contributed by atoms with Crippen molar-refractivity contribution in [3.05, 3.63) is 39.7 Å². The normalized spacial score (nSPS) is 11.2. The number of hydrogen-bond donors (Lipinski definition) is 1. The molecular formula is C22H33NO2. The van der Waals surface area contributed by atoms with Crippen LogP contribution < -0.4 is 10.2 Å². The lowest BCUT2D eigenvalue weighted by Crippen LogP contribution is -2.13. The number of nitrogens with one attached hydrogen (secondary N) is 1. The number of aryl methyl sites for hydroxylation is 1. The molecule has 1 heterocycles. The van der Waals surface area contributed by atoms with E-state index in [1.165, 1.54) is 51.4 Å². The Hall–Kier alpha value is -1.77. The first-order valence-electron chi connectivity index (χ1n) is 9.87. The fourth-order valence-corrected chi connectivity index (χ4v) is 3.48. The average Bonchev–Trinajstić information content (AvgIpc) is 2.62. The number of aromatic nitrogens is 1. The predicted octanol–water partition coefficient (Wildman–Crippen LogP) is 5.92. The summed E-state index contributed by atoms with van der Waals surface area (Å²) in [5, 5.41) is 0.761. The minimum atomic E-state index is 0.175. The van der Waals surface area contributed by atoms with Crippen molar-refractivity contribution in [3.8, 4) is 5.75 Å². The van der Waals surface area contributed by atoms with E-state index in [1.54, 1.807) is 7.11 Å². The van der Waals surface area contributed by atoms with Gasteiger partial charge < -0.3 is 9.72 Å². The van der Waals surface area contributed by atoms with Crippen LogP contribution in [0.4, 0.5) is 0 Å². The average molecular weight is 344 g/mol. The van der Waals surface area contributed by atoms with Crippen molar-refractivity contribution in [2.75, 3.05) is 7.11 Å². The van der Waals surface area contributed by atoms with E-state index in [2.05, 4.69) is 11.9 Å². The Morgan fingerprint density at radius 1 is 0.960 bits per heavy atom. The van der Waals surface area contributed by atoms with Crippen LogP contribution in [-0.4, -0.2) is 12.1 Å². The molecule has 0 aliphatic rings. The van der Waals surface area contributed by atoms with Gasteiger partial charge in [0.15, 0.2) is 5.43 Å². The van der Waals surface area contributed by atoms with Gasteiger partial charge in [-0.2, -0.15) is 0 Å². The maximum Gasteiger partial charge on any atom is 0.192 e. The quantitative estimate of drug-likeness (QED) is 0.515. The first-order valence-corrected chi connectivity index (χ1v) is 9.87. The SMILES string of the molecule is CCCCCCCCCCCc1c(C)[nH]c2cc(OC)ccc2c1=O. The van der Waals surface area contributed by atoms with E-state index in [-0.39, 0.29) is 5.43 Å². The van der Waals surface area contributed by atoms with Crippen molar-refractivity contribution < 1.29 is 4.74 Å². The fourth-order valence-electron chi connectivity index (χ4n) is 3.48. The highest BCUT2D eigenvalue weighted by atomic mass is 16.5. The Labute approximate surface area is 151 Å². The number of methoxy groups -OCH3 is 1. The summed E-state index contributed by atoms with van der Waals surface area (Å²) in [6, 6.07) is 5.62. The van der Waals surface area contributed by atoms with Crippen LogP contribution in [0.25, 0.3) is 10.9 Å². The van der Waals surface area contributed by atoms with Gasteiger partial charge in [0.25, 0.3) is 0 Å². The summed E-state index contributed by atoms with van der Waals surface area (Å²) in [6.45, 7) is 4.26. The standard InChI is InChI=1S/C22H33NO2/c1-4-5-6-7-8-9-10-11-12-13-19-17(2)23-21-16-18(25-3)14-15-20(21)22(19)24/h14-16H,4-13H2,1-3H3,(H,23,24). The highest BCUT2D eigenvalue weighted by Crippen LogP contribution is 2.19. The molecule has 2 rings (SSSR count). The van der Waals surface area contributed by atoms with Crippen molar-refractivity contribution in [3.63, 3.8) is 0 Å². The Kier molecular flexibility index (Phi) is 8.03. The van der Waals surface area contributed by atoms with Gasteiger partial charge in [0.05, 0.1) is 12.6 Å². The number of H-pyrrole nitrogens is 1. The molecule has 0 aliphatic heterocycles. The third kappa shape index (κ3) is 5.62. The molecule has 0 unspecified atom stereocenters. The molecule has 0 fully saturated rings. The van der Waals surface area contributed by atoms with E-state index >= 15 is 0 Å². The first-order chi connectivity index (χ1) is 12.2. The van der Waals surface area contributed by atoms with Crippen LogP contribution in [0.5, 0.6) is 5.75 Å². The molecule has 0 aliphatic carbocycles. The summed E-state index contributed by atoms with van der Waals surface area (Å²) in [4.78, 5) is 16.1. The van der Waals surface area contributed by atoms with Crippen LogP contribution in [0.2, 0.25) is 0 Å². The van der Waals surface area contributed by atoms with Gasteiger partial charge in [0.2, 0.25) is 0 Å². The lowest BCUT2D eigenvalue weighted by molar-refractivity contribution is 0.415. The van der Waals surface area contributed by atoms with Crippen LogP contribution in [0.3, 0.4) is 0 Å². The minimum Gasteiger partial charge on any atom is -0.497 e. The number of aromatic amines is 1. The van der Waals surface area contributed by atoms with Gasteiger partial charge in [-0.1, -0.05) is 58.3 Å².